The van der Waals surface area contributed by atoms with Crippen LogP contribution in [0.2, 0.25) is 0 Å². The number of carbonyl (C=O) groups excluding carboxylic acids is 1. The van der Waals surface area contributed by atoms with Gasteiger partial charge < -0.3 is 14.5 Å². The topological polar surface area (TPSA) is 51.3 Å². The highest BCUT2D eigenvalue weighted by molar-refractivity contribution is 5.91. The number of carbonyl (C=O) groups is 1. The highest BCUT2D eigenvalue weighted by Gasteiger charge is 2.08. The third kappa shape index (κ3) is 2.68. The minimum Gasteiger partial charge on any atom is -0.497 e. The average Bonchev–Trinajstić information content (AvgIpc) is 2.98. The van der Waals surface area contributed by atoms with Crippen molar-refractivity contribution >= 4 is 16.9 Å². The van der Waals surface area contributed by atoms with E-state index in [4.69, 9.17) is 9.47 Å². The number of H-pyrrole nitrogens is 1. The second kappa shape index (κ2) is 5.93. The Morgan fingerprint density at radius 2 is 1.86 bits per heavy atom. The molecule has 112 valence electrons. The van der Waals surface area contributed by atoms with Crippen LogP contribution < -0.4 is 4.74 Å². The summed E-state index contributed by atoms with van der Waals surface area (Å²) in [7, 11) is 1.66. The monoisotopic (exact) mass is 295 g/mol. The number of rotatable bonds is 4. The first-order valence-corrected chi connectivity index (χ1v) is 7.15. The molecule has 1 heterocycles. The van der Waals surface area contributed by atoms with E-state index in [0.717, 1.165) is 27.9 Å². The standard InChI is InChI=1S/C18H17NO3/c1-3-22-18(20)13-6-4-12(5-7-13)17-11-14-10-15(21-2)8-9-16(14)19-17/h4-11,19H,3H2,1-2H3. The summed E-state index contributed by atoms with van der Waals surface area (Å²) in [4.78, 5) is 15.0. The molecular weight excluding hydrogens is 278 g/mol. The lowest BCUT2D eigenvalue weighted by Crippen LogP contribution is -2.03. The summed E-state index contributed by atoms with van der Waals surface area (Å²) in [5, 5.41) is 1.09. The van der Waals surface area contributed by atoms with Crippen LogP contribution in [0, 0.1) is 0 Å². The Morgan fingerprint density at radius 1 is 1.09 bits per heavy atom. The molecule has 0 unspecified atom stereocenters. The normalized spacial score (nSPS) is 10.6. The van der Waals surface area contributed by atoms with Gasteiger partial charge in [0.25, 0.3) is 0 Å². The van der Waals surface area contributed by atoms with E-state index in [2.05, 4.69) is 11.1 Å². The van der Waals surface area contributed by atoms with Crippen molar-refractivity contribution in [1.82, 2.24) is 4.98 Å². The third-order valence-electron chi connectivity index (χ3n) is 3.53. The van der Waals surface area contributed by atoms with E-state index in [9.17, 15) is 4.79 Å². The summed E-state index contributed by atoms with van der Waals surface area (Å²) in [6, 6.07) is 15.3. The molecule has 0 aliphatic rings. The fraction of sp³-hybridized carbons (Fsp3) is 0.167. The van der Waals surface area contributed by atoms with E-state index in [1.807, 2.05) is 30.3 Å². The van der Waals surface area contributed by atoms with Gasteiger partial charge in [-0.05, 0) is 48.9 Å². The Balaban J connectivity index is 1.92. The first-order valence-electron chi connectivity index (χ1n) is 7.15. The van der Waals surface area contributed by atoms with E-state index in [0.29, 0.717) is 12.2 Å². The van der Waals surface area contributed by atoms with Gasteiger partial charge in [-0.3, -0.25) is 0 Å². The molecule has 0 spiro atoms. The number of nitrogens with one attached hydrogen (secondary N) is 1. The first kappa shape index (κ1) is 14.2. The number of aromatic nitrogens is 1. The van der Waals surface area contributed by atoms with Crippen LogP contribution in [-0.4, -0.2) is 24.7 Å². The predicted octanol–water partition coefficient (Wildman–Crippen LogP) is 4.02. The molecule has 0 aliphatic heterocycles. The zero-order valence-corrected chi connectivity index (χ0v) is 12.6. The van der Waals surface area contributed by atoms with Crippen molar-refractivity contribution in [3.63, 3.8) is 0 Å². The van der Waals surface area contributed by atoms with Gasteiger partial charge in [-0.25, -0.2) is 4.79 Å². The first-order chi connectivity index (χ1) is 10.7. The lowest BCUT2D eigenvalue weighted by molar-refractivity contribution is 0.0526. The van der Waals surface area contributed by atoms with Crippen molar-refractivity contribution in [2.45, 2.75) is 6.92 Å². The van der Waals surface area contributed by atoms with E-state index in [-0.39, 0.29) is 5.97 Å². The summed E-state index contributed by atoms with van der Waals surface area (Å²) in [6.07, 6.45) is 0. The molecule has 0 radical (unpaired) electrons. The van der Waals surface area contributed by atoms with Crippen LogP contribution in [0.25, 0.3) is 22.2 Å². The van der Waals surface area contributed by atoms with Gasteiger partial charge in [0, 0.05) is 16.6 Å². The second-order valence-corrected chi connectivity index (χ2v) is 4.93. The fourth-order valence-corrected chi connectivity index (χ4v) is 2.39. The fourth-order valence-electron chi connectivity index (χ4n) is 2.39. The average molecular weight is 295 g/mol. The molecule has 0 fully saturated rings. The molecule has 1 aromatic heterocycles. The number of fused-ring (bicyclic) bond motifs is 1. The summed E-state index contributed by atoms with van der Waals surface area (Å²) in [5.41, 5.74) is 3.62. The summed E-state index contributed by atoms with van der Waals surface area (Å²) in [6.45, 7) is 2.18. The maximum atomic E-state index is 11.7. The van der Waals surface area contributed by atoms with Gasteiger partial charge in [-0.1, -0.05) is 12.1 Å². The molecule has 1 N–H and O–H groups in total. The molecule has 0 atom stereocenters. The van der Waals surface area contributed by atoms with Gasteiger partial charge in [-0.2, -0.15) is 0 Å². The summed E-state index contributed by atoms with van der Waals surface area (Å²) >= 11 is 0. The highest BCUT2D eigenvalue weighted by Crippen LogP contribution is 2.27. The Morgan fingerprint density at radius 3 is 2.55 bits per heavy atom. The highest BCUT2D eigenvalue weighted by atomic mass is 16.5. The van der Waals surface area contributed by atoms with Crippen LogP contribution in [0.3, 0.4) is 0 Å². The number of methoxy groups -OCH3 is 1. The molecule has 0 saturated carbocycles. The molecule has 3 aromatic rings. The van der Waals surface area contributed by atoms with E-state index in [1.54, 1.807) is 26.2 Å². The van der Waals surface area contributed by atoms with Crippen molar-refractivity contribution < 1.29 is 14.3 Å². The van der Waals surface area contributed by atoms with Crippen LogP contribution in [-0.2, 0) is 4.74 Å². The summed E-state index contributed by atoms with van der Waals surface area (Å²) < 4.78 is 10.2. The molecule has 0 aliphatic carbocycles. The number of hydrogen-bond donors (Lipinski definition) is 1. The lowest BCUT2D eigenvalue weighted by Gasteiger charge is -2.02. The van der Waals surface area contributed by atoms with Gasteiger partial charge in [0.15, 0.2) is 0 Å². The van der Waals surface area contributed by atoms with E-state index >= 15 is 0 Å². The van der Waals surface area contributed by atoms with Gasteiger partial charge in [-0.15, -0.1) is 0 Å². The molecule has 4 nitrogen and oxygen atoms in total. The van der Waals surface area contributed by atoms with Crippen LogP contribution in [0.5, 0.6) is 5.75 Å². The molecule has 3 rings (SSSR count). The van der Waals surface area contributed by atoms with Crippen LogP contribution in [0.1, 0.15) is 17.3 Å². The zero-order chi connectivity index (χ0) is 15.5. The molecule has 2 aromatic carbocycles. The van der Waals surface area contributed by atoms with E-state index < -0.39 is 0 Å². The van der Waals surface area contributed by atoms with Gasteiger partial charge in [0.05, 0.1) is 19.3 Å². The predicted molar refractivity (Wildman–Crippen MR) is 86.2 cm³/mol. The van der Waals surface area contributed by atoms with Gasteiger partial charge >= 0.3 is 5.97 Å². The van der Waals surface area contributed by atoms with Crippen molar-refractivity contribution in [3.05, 3.63) is 54.1 Å². The quantitative estimate of drug-likeness (QED) is 0.740. The van der Waals surface area contributed by atoms with Crippen molar-refractivity contribution in [1.29, 1.82) is 0 Å². The largest absolute Gasteiger partial charge is 0.497 e. The van der Waals surface area contributed by atoms with Gasteiger partial charge in [0.1, 0.15) is 5.75 Å². The molecule has 4 heteroatoms. The van der Waals surface area contributed by atoms with E-state index in [1.165, 1.54) is 0 Å². The molecular formula is C18H17NO3. The molecule has 0 amide bonds. The maximum Gasteiger partial charge on any atom is 0.338 e. The molecule has 0 bridgehead atoms. The van der Waals surface area contributed by atoms with Crippen molar-refractivity contribution in [3.8, 4) is 17.0 Å². The Kier molecular flexibility index (Phi) is 3.83. The van der Waals surface area contributed by atoms with Crippen molar-refractivity contribution in [2.24, 2.45) is 0 Å². The molecule has 0 saturated heterocycles. The van der Waals surface area contributed by atoms with Crippen LogP contribution >= 0.6 is 0 Å². The number of benzene rings is 2. The maximum absolute atomic E-state index is 11.7. The van der Waals surface area contributed by atoms with Crippen LogP contribution in [0.15, 0.2) is 48.5 Å². The van der Waals surface area contributed by atoms with Crippen molar-refractivity contribution in [2.75, 3.05) is 13.7 Å². The minimum absolute atomic E-state index is 0.296. The third-order valence-corrected chi connectivity index (χ3v) is 3.53. The minimum atomic E-state index is -0.296. The van der Waals surface area contributed by atoms with Gasteiger partial charge in [0.2, 0.25) is 0 Å². The molecule has 22 heavy (non-hydrogen) atoms. The number of aromatic amines is 1. The Hall–Kier alpha value is -2.75. The Labute approximate surface area is 128 Å². The lowest BCUT2D eigenvalue weighted by atomic mass is 10.1. The number of esters is 1. The number of ether oxygens (including phenoxy) is 2. The smallest absolute Gasteiger partial charge is 0.338 e. The van der Waals surface area contributed by atoms with Crippen LogP contribution in [0.4, 0.5) is 0 Å². The summed E-state index contributed by atoms with van der Waals surface area (Å²) in [5.74, 6) is 0.533. The Bertz CT molecular complexity index is 803. The zero-order valence-electron chi connectivity index (χ0n) is 12.6. The second-order valence-electron chi connectivity index (χ2n) is 4.93. The number of hydrogen-bond acceptors (Lipinski definition) is 3. The SMILES string of the molecule is CCOC(=O)c1ccc(-c2cc3cc(OC)ccc3[nH]2)cc1.